The van der Waals surface area contributed by atoms with E-state index in [-0.39, 0.29) is 0 Å². The van der Waals surface area contributed by atoms with Gasteiger partial charge in [0.05, 0.1) is 0 Å². The van der Waals surface area contributed by atoms with Gasteiger partial charge >= 0.3 is 0 Å². The number of rotatable bonds is 1. The van der Waals surface area contributed by atoms with Gasteiger partial charge in [0.25, 0.3) is 0 Å². The molecule has 120 valence electrons. The summed E-state index contributed by atoms with van der Waals surface area (Å²) >= 11 is 8.18. The van der Waals surface area contributed by atoms with E-state index >= 15 is 0 Å². The van der Waals surface area contributed by atoms with Crippen molar-refractivity contribution in [1.29, 1.82) is 0 Å². The van der Waals surface area contributed by atoms with Gasteiger partial charge in [-0.2, -0.15) is 0 Å². The summed E-state index contributed by atoms with van der Waals surface area (Å²) in [5.41, 5.74) is 2.89. The summed E-state index contributed by atoms with van der Waals surface area (Å²) in [6.45, 7) is 2.44. The van der Waals surface area contributed by atoms with E-state index in [1.165, 1.54) is 59.7 Å². The molecule has 2 aliphatic rings. The molecule has 0 N–H and O–H groups in total. The Bertz CT molecular complexity index is 692. The van der Waals surface area contributed by atoms with Crippen molar-refractivity contribution < 1.29 is 0 Å². The number of hydrogen-bond donors (Lipinski definition) is 0. The molecule has 2 aromatic carbocycles. The SMILES string of the molecule is Clc1ccc2c(c1)C[C@H](N1CCCCCC1)c1ccccc1S2. The van der Waals surface area contributed by atoms with E-state index in [9.17, 15) is 0 Å². The van der Waals surface area contributed by atoms with Gasteiger partial charge in [0.15, 0.2) is 0 Å². The Labute approximate surface area is 148 Å². The molecule has 2 heterocycles. The van der Waals surface area contributed by atoms with Crippen molar-refractivity contribution in [3.8, 4) is 0 Å². The van der Waals surface area contributed by atoms with Gasteiger partial charge in [-0.15, -0.1) is 0 Å². The van der Waals surface area contributed by atoms with Gasteiger partial charge in [-0.3, -0.25) is 4.90 Å². The fourth-order valence-corrected chi connectivity index (χ4v) is 5.13. The third-order valence-corrected chi connectivity index (χ3v) is 6.46. The maximum Gasteiger partial charge on any atom is 0.0409 e. The minimum atomic E-state index is 0.483. The van der Waals surface area contributed by atoms with E-state index in [4.69, 9.17) is 11.6 Å². The Morgan fingerprint density at radius 2 is 1.70 bits per heavy atom. The lowest BCUT2D eigenvalue weighted by Crippen LogP contribution is -2.31. The Morgan fingerprint density at radius 3 is 2.52 bits per heavy atom. The molecule has 1 fully saturated rings. The fourth-order valence-electron chi connectivity index (χ4n) is 3.83. The Hall–Kier alpha value is -0.960. The van der Waals surface area contributed by atoms with Gasteiger partial charge in [0, 0.05) is 20.9 Å². The average molecular weight is 344 g/mol. The minimum Gasteiger partial charge on any atom is -0.296 e. The Morgan fingerprint density at radius 1 is 0.913 bits per heavy atom. The van der Waals surface area contributed by atoms with Gasteiger partial charge in [0.2, 0.25) is 0 Å². The molecule has 1 nitrogen and oxygen atoms in total. The van der Waals surface area contributed by atoms with Crippen LogP contribution in [-0.2, 0) is 6.42 Å². The monoisotopic (exact) mass is 343 g/mol. The van der Waals surface area contributed by atoms with Gasteiger partial charge in [-0.1, -0.05) is 54.4 Å². The third kappa shape index (κ3) is 3.31. The van der Waals surface area contributed by atoms with E-state index in [1.807, 2.05) is 17.8 Å². The molecule has 3 heteroatoms. The molecule has 0 bridgehead atoms. The van der Waals surface area contributed by atoms with Crippen LogP contribution in [0.1, 0.15) is 42.9 Å². The zero-order valence-electron chi connectivity index (χ0n) is 13.3. The predicted molar refractivity (Wildman–Crippen MR) is 98.5 cm³/mol. The summed E-state index contributed by atoms with van der Waals surface area (Å²) in [6.07, 6.45) is 6.48. The van der Waals surface area contributed by atoms with Crippen LogP contribution in [0, 0.1) is 0 Å². The van der Waals surface area contributed by atoms with Crippen molar-refractivity contribution in [1.82, 2.24) is 4.90 Å². The minimum absolute atomic E-state index is 0.483. The standard InChI is InChI=1S/C20H22ClNS/c21-16-9-10-19-15(13-16)14-18(22-11-5-1-2-6-12-22)17-7-3-4-8-20(17)23-19/h3-4,7-10,13,18H,1-2,5-6,11-12,14H2/t18-/m0/s1. The van der Waals surface area contributed by atoms with Crippen LogP contribution in [-0.4, -0.2) is 18.0 Å². The highest BCUT2D eigenvalue weighted by molar-refractivity contribution is 7.99. The van der Waals surface area contributed by atoms with Crippen molar-refractivity contribution in [2.24, 2.45) is 0 Å². The third-order valence-electron chi connectivity index (χ3n) is 5.02. The lowest BCUT2D eigenvalue weighted by molar-refractivity contribution is 0.201. The van der Waals surface area contributed by atoms with Crippen LogP contribution in [0.3, 0.4) is 0 Å². The Balaban J connectivity index is 1.76. The molecular weight excluding hydrogens is 322 g/mol. The lowest BCUT2D eigenvalue weighted by Gasteiger charge is -2.31. The van der Waals surface area contributed by atoms with Gasteiger partial charge in [-0.25, -0.2) is 0 Å². The first-order valence-electron chi connectivity index (χ1n) is 8.60. The van der Waals surface area contributed by atoms with Crippen LogP contribution in [0.2, 0.25) is 5.02 Å². The molecule has 0 spiro atoms. The molecular formula is C20H22ClNS. The fraction of sp³-hybridized carbons (Fsp3) is 0.400. The predicted octanol–water partition coefficient (Wildman–Crippen LogP) is 5.96. The molecule has 23 heavy (non-hydrogen) atoms. The maximum atomic E-state index is 6.28. The van der Waals surface area contributed by atoms with Crippen LogP contribution in [0.4, 0.5) is 0 Å². The van der Waals surface area contributed by atoms with Crippen molar-refractivity contribution >= 4 is 23.4 Å². The van der Waals surface area contributed by atoms with Crippen LogP contribution in [0.15, 0.2) is 52.3 Å². The Kier molecular flexibility index (Phi) is 4.66. The van der Waals surface area contributed by atoms with Crippen molar-refractivity contribution in [2.45, 2.75) is 47.9 Å². The van der Waals surface area contributed by atoms with Crippen LogP contribution < -0.4 is 0 Å². The van der Waals surface area contributed by atoms with Gasteiger partial charge in [0.1, 0.15) is 0 Å². The first-order valence-corrected chi connectivity index (χ1v) is 9.80. The zero-order valence-corrected chi connectivity index (χ0v) is 14.9. The van der Waals surface area contributed by atoms with E-state index in [0.29, 0.717) is 6.04 Å². The number of benzene rings is 2. The summed E-state index contributed by atoms with van der Waals surface area (Å²) in [5.74, 6) is 0. The summed E-state index contributed by atoms with van der Waals surface area (Å²) in [5, 5.41) is 0.852. The van der Waals surface area contributed by atoms with E-state index in [2.05, 4.69) is 41.3 Å². The van der Waals surface area contributed by atoms with Crippen molar-refractivity contribution in [2.75, 3.05) is 13.1 Å². The smallest absolute Gasteiger partial charge is 0.0409 e. The maximum absolute atomic E-state index is 6.28. The van der Waals surface area contributed by atoms with Crippen LogP contribution in [0.5, 0.6) is 0 Å². The topological polar surface area (TPSA) is 3.24 Å². The normalized spacial score (nSPS) is 21.9. The zero-order chi connectivity index (χ0) is 15.6. The van der Waals surface area contributed by atoms with Gasteiger partial charge < -0.3 is 0 Å². The number of likely N-dealkylation sites (tertiary alicyclic amines) is 1. The average Bonchev–Trinajstić information content (AvgIpc) is 2.91. The highest BCUT2D eigenvalue weighted by Crippen LogP contribution is 2.43. The van der Waals surface area contributed by atoms with E-state index in [1.54, 1.807) is 0 Å². The first kappa shape index (κ1) is 15.6. The molecule has 4 rings (SSSR count). The van der Waals surface area contributed by atoms with Crippen molar-refractivity contribution in [3.05, 3.63) is 58.6 Å². The lowest BCUT2D eigenvalue weighted by atomic mass is 9.97. The molecule has 0 unspecified atom stereocenters. The molecule has 0 aromatic heterocycles. The highest BCUT2D eigenvalue weighted by Gasteiger charge is 2.27. The second kappa shape index (κ2) is 6.88. The number of nitrogens with zero attached hydrogens (tertiary/aromatic N) is 1. The molecule has 1 atom stereocenters. The molecule has 0 radical (unpaired) electrons. The summed E-state index contributed by atoms with van der Waals surface area (Å²) in [7, 11) is 0. The summed E-state index contributed by atoms with van der Waals surface area (Å²) in [6, 6.07) is 15.8. The summed E-state index contributed by atoms with van der Waals surface area (Å²) < 4.78 is 0. The van der Waals surface area contributed by atoms with E-state index < -0.39 is 0 Å². The number of halogens is 1. The van der Waals surface area contributed by atoms with Gasteiger partial charge in [-0.05, 0) is 67.7 Å². The largest absolute Gasteiger partial charge is 0.296 e. The van der Waals surface area contributed by atoms with Crippen molar-refractivity contribution in [3.63, 3.8) is 0 Å². The number of fused-ring (bicyclic) bond motifs is 2. The second-order valence-corrected chi connectivity index (χ2v) is 8.08. The highest BCUT2D eigenvalue weighted by atomic mass is 35.5. The molecule has 0 aliphatic carbocycles. The van der Waals surface area contributed by atoms with E-state index in [0.717, 1.165) is 11.4 Å². The van der Waals surface area contributed by atoms with Crippen LogP contribution in [0.25, 0.3) is 0 Å². The molecule has 0 saturated carbocycles. The first-order chi connectivity index (χ1) is 11.3. The quantitative estimate of drug-likeness (QED) is 0.628. The molecule has 2 aromatic rings. The molecule has 2 aliphatic heterocycles. The molecule has 1 saturated heterocycles. The summed E-state index contributed by atoms with van der Waals surface area (Å²) in [4.78, 5) is 5.48. The van der Waals surface area contributed by atoms with Crippen LogP contribution >= 0.6 is 23.4 Å². The molecule has 0 amide bonds. The second-order valence-electron chi connectivity index (χ2n) is 6.56. The number of hydrogen-bond acceptors (Lipinski definition) is 2.